The molecule has 1 aromatic carbocycles. The Bertz CT molecular complexity index is 1430. The van der Waals surface area contributed by atoms with Crippen LogP contribution in [0.5, 0.6) is 0 Å². The number of rotatable bonds is 7. The van der Waals surface area contributed by atoms with Gasteiger partial charge in [0.2, 0.25) is 0 Å². The second kappa shape index (κ2) is 9.13. The largest absolute Gasteiger partial charge is 0.416 e. The van der Waals surface area contributed by atoms with Crippen LogP contribution in [0.2, 0.25) is 0 Å². The zero-order valence-corrected chi connectivity index (χ0v) is 21.6. The van der Waals surface area contributed by atoms with Gasteiger partial charge in [0.15, 0.2) is 16.6 Å². The second-order valence-electron chi connectivity index (χ2n) is 10.2. The van der Waals surface area contributed by atoms with Gasteiger partial charge in [0.1, 0.15) is 5.82 Å². The minimum atomic E-state index is -4.28. The number of hydrogen-bond acceptors (Lipinski definition) is 6. The number of halogens is 3. The van der Waals surface area contributed by atoms with Crippen molar-refractivity contribution in [2.24, 2.45) is 12.5 Å². The molecule has 0 N–H and O–H groups in total. The molecule has 0 bridgehead atoms. The highest BCUT2D eigenvalue weighted by atomic mass is 32.2. The van der Waals surface area contributed by atoms with Crippen LogP contribution in [-0.4, -0.2) is 59.6 Å². The summed E-state index contributed by atoms with van der Waals surface area (Å²) in [6, 6.07) is 9.70. The van der Waals surface area contributed by atoms with Crippen LogP contribution in [0, 0.1) is 12.3 Å². The molecule has 7 nitrogen and oxygen atoms in total. The van der Waals surface area contributed by atoms with Crippen molar-refractivity contribution in [1.29, 1.82) is 0 Å². The molecule has 3 aromatic heterocycles. The number of aryl methyl sites for hydroxylation is 1. The number of likely N-dealkylation sites (tertiary alicyclic amines) is 1. The van der Waals surface area contributed by atoms with Gasteiger partial charge >= 0.3 is 6.18 Å². The van der Waals surface area contributed by atoms with E-state index >= 15 is 0 Å². The lowest BCUT2D eigenvalue weighted by atomic mass is 9.97. The molecule has 37 heavy (non-hydrogen) atoms. The molecule has 1 aliphatic carbocycles. The van der Waals surface area contributed by atoms with Crippen LogP contribution in [0.25, 0.3) is 17.0 Å². The zero-order valence-electron chi connectivity index (χ0n) is 20.7. The van der Waals surface area contributed by atoms with E-state index in [0.29, 0.717) is 5.92 Å². The summed E-state index contributed by atoms with van der Waals surface area (Å²) in [6.45, 7) is 5.02. The van der Waals surface area contributed by atoms with Crippen LogP contribution >= 0.6 is 11.8 Å². The summed E-state index contributed by atoms with van der Waals surface area (Å²) in [4.78, 5) is 2.50. The Morgan fingerprint density at radius 3 is 2.65 bits per heavy atom. The SMILES string of the molecule is Cc1nnc2ccc(-c3nnc(SCCCN4CC[C@]5(C[C@@H]5c5ccc(C(F)(F)F)cc5)C4)n3C)cn12. The summed E-state index contributed by atoms with van der Waals surface area (Å²) in [7, 11) is 1.99. The van der Waals surface area contributed by atoms with E-state index in [1.54, 1.807) is 23.9 Å². The molecule has 194 valence electrons. The predicted molar refractivity (Wildman–Crippen MR) is 135 cm³/mol. The molecular formula is C26H28F3N7S. The Labute approximate surface area is 217 Å². The van der Waals surface area contributed by atoms with Crippen molar-refractivity contribution in [3.63, 3.8) is 0 Å². The van der Waals surface area contributed by atoms with Gasteiger partial charge < -0.3 is 9.47 Å². The van der Waals surface area contributed by atoms with E-state index in [9.17, 15) is 13.2 Å². The molecule has 0 radical (unpaired) electrons. The number of nitrogens with zero attached hydrogens (tertiary/aromatic N) is 7. The quantitative estimate of drug-likeness (QED) is 0.243. The van der Waals surface area contributed by atoms with Gasteiger partial charge in [-0.25, -0.2) is 0 Å². The Hall–Kier alpha value is -2.92. The van der Waals surface area contributed by atoms with Gasteiger partial charge in [-0.05, 0) is 80.4 Å². The van der Waals surface area contributed by atoms with Gasteiger partial charge in [-0.2, -0.15) is 13.2 Å². The van der Waals surface area contributed by atoms with Gasteiger partial charge in [-0.15, -0.1) is 20.4 Å². The van der Waals surface area contributed by atoms with E-state index in [4.69, 9.17) is 0 Å². The number of pyridine rings is 1. The normalized spacial score (nSPS) is 21.9. The van der Waals surface area contributed by atoms with E-state index in [1.807, 2.05) is 41.3 Å². The van der Waals surface area contributed by atoms with E-state index < -0.39 is 11.7 Å². The third-order valence-corrected chi connectivity index (χ3v) is 8.92. The van der Waals surface area contributed by atoms with Crippen LogP contribution in [0.1, 0.15) is 42.1 Å². The van der Waals surface area contributed by atoms with Crippen LogP contribution in [0.4, 0.5) is 13.2 Å². The summed E-state index contributed by atoms with van der Waals surface area (Å²) >= 11 is 1.71. The third kappa shape index (κ3) is 4.63. The Morgan fingerprint density at radius 2 is 1.86 bits per heavy atom. The van der Waals surface area contributed by atoms with Crippen molar-refractivity contribution in [1.82, 2.24) is 34.3 Å². The van der Waals surface area contributed by atoms with Crippen LogP contribution in [0.15, 0.2) is 47.8 Å². The second-order valence-corrected chi connectivity index (χ2v) is 11.3. The lowest BCUT2D eigenvalue weighted by Crippen LogP contribution is -2.23. The van der Waals surface area contributed by atoms with E-state index in [0.717, 1.165) is 78.2 Å². The summed E-state index contributed by atoms with van der Waals surface area (Å²) in [6.07, 6.45) is 0.947. The average Bonchev–Trinajstić information content (AvgIpc) is 3.11. The minimum Gasteiger partial charge on any atom is -0.305 e. The molecule has 4 heterocycles. The summed E-state index contributed by atoms with van der Waals surface area (Å²) < 4.78 is 42.6. The van der Waals surface area contributed by atoms with Crippen molar-refractivity contribution in [3.8, 4) is 11.4 Å². The molecule has 4 aromatic rings. The Morgan fingerprint density at radius 1 is 1.05 bits per heavy atom. The molecule has 1 spiro atoms. The standard InChI is InChI=1S/C26H28F3N7S/c1-17-30-31-22-9-6-19(15-36(17)22)23-32-33-24(34(23)2)37-13-3-11-35-12-10-25(16-35)14-21(25)18-4-7-20(8-5-18)26(27,28)29/h4-9,15,21H,3,10-14,16H2,1-2H3/t21-,25+/m1/s1. The molecule has 1 saturated heterocycles. The number of fused-ring (bicyclic) bond motifs is 1. The molecule has 6 rings (SSSR count). The van der Waals surface area contributed by atoms with Crippen LogP contribution < -0.4 is 0 Å². The maximum Gasteiger partial charge on any atom is 0.416 e. The third-order valence-electron chi connectivity index (χ3n) is 7.81. The first kappa shape index (κ1) is 24.4. The number of benzene rings is 1. The number of thioether (sulfide) groups is 1. The summed E-state index contributed by atoms with van der Waals surface area (Å²) in [5.74, 6) is 2.96. The van der Waals surface area contributed by atoms with Crippen molar-refractivity contribution in [2.75, 3.05) is 25.4 Å². The van der Waals surface area contributed by atoms with Gasteiger partial charge in [0.25, 0.3) is 0 Å². The molecule has 1 saturated carbocycles. The molecule has 2 aliphatic rings. The first-order valence-electron chi connectivity index (χ1n) is 12.5. The monoisotopic (exact) mass is 527 g/mol. The zero-order chi connectivity index (χ0) is 25.8. The lowest BCUT2D eigenvalue weighted by molar-refractivity contribution is -0.137. The first-order valence-corrected chi connectivity index (χ1v) is 13.5. The smallest absolute Gasteiger partial charge is 0.305 e. The van der Waals surface area contributed by atoms with Crippen molar-refractivity contribution in [2.45, 2.75) is 43.4 Å². The van der Waals surface area contributed by atoms with Crippen LogP contribution in [-0.2, 0) is 13.2 Å². The molecule has 2 fully saturated rings. The van der Waals surface area contributed by atoms with Gasteiger partial charge in [0.05, 0.1) is 5.56 Å². The average molecular weight is 528 g/mol. The minimum absolute atomic E-state index is 0.246. The Balaban J connectivity index is 0.997. The topological polar surface area (TPSA) is 64.1 Å². The fourth-order valence-electron chi connectivity index (χ4n) is 5.63. The maximum atomic E-state index is 12.9. The van der Waals surface area contributed by atoms with E-state index in [-0.39, 0.29) is 5.41 Å². The maximum absolute atomic E-state index is 12.9. The highest BCUT2D eigenvalue weighted by Crippen LogP contribution is 2.64. The lowest BCUT2D eigenvalue weighted by Gasteiger charge is -2.16. The summed E-state index contributed by atoms with van der Waals surface area (Å²) in [5, 5.41) is 17.9. The van der Waals surface area contributed by atoms with Gasteiger partial charge in [-0.1, -0.05) is 23.9 Å². The number of hydrogen-bond donors (Lipinski definition) is 0. The fraction of sp³-hybridized carbons (Fsp3) is 0.462. The molecule has 1 aliphatic heterocycles. The highest BCUT2D eigenvalue weighted by molar-refractivity contribution is 7.99. The van der Waals surface area contributed by atoms with Gasteiger partial charge in [0, 0.05) is 31.1 Å². The van der Waals surface area contributed by atoms with Crippen molar-refractivity contribution in [3.05, 3.63) is 59.5 Å². The molecular weight excluding hydrogens is 499 g/mol. The molecule has 2 atom stereocenters. The fourth-order valence-corrected chi connectivity index (χ4v) is 6.47. The summed E-state index contributed by atoms with van der Waals surface area (Å²) in [5.41, 5.74) is 2.49. The van der Waals surface area contributed by atoms with E-state index in [2.05, 4.69) is 25.3 Å². The first-order chi connectivity index (χ1) is 17.7. The van der Waals surface area contributed by atoms with E-state index in [1.165, 1.54) is 12.1 Å². The molecule has 0 amide bonds. The van der Waals surface area contributed by atoms with Gasteiger partial charge in [-0.3, -0.25) is 4.40 Å². The molecule has 11 heteroatoms. The molecule has 0 unspecified atom stereocenters. The van der Waals surface area contributed by atoms with Crippen molar-refractivity contribution >= 4 is 17.4 Å². The Kier molecular flexibility index (Phi) is 6.02. The van der Waals surface area contributed by atoms with Crippen molar-refractivity contribution < 1.29 is 13.2 Å². The highest BCUT2D eigenvalue weighted by Gasteiger charge is 2.57. The number of aromatic nitrogens is 6. The number of alkyl halides is 3. The van der Waals surface area contributed by atoms with Crippen LogP contribution in [0.3, 0.4) is 0 Å². The predicted octanol–water partition coefficient (Wildman–Crippen LogP) is 5.21.